The second kappa shape index (κ2) is 4.09. The second-order valence-electron chi connectivity index (χ2n) is 2.62. The van der Waals surface area contributed by atoms with Gasteiger partial charge in [0.25, 0.3) is 0 Å². The van der Waals surface area contributed by atoms with Crippen LogP contribution in [0.5, 0.6) is 5.75 Å². The Bertz CT molecular complexity index is 256. The van der Waals surface area contributed by atoms with Crippen molar-refractivity contribution in [3.63, 3.8) is 0 Å². The minimum Gasteiger partial charge on any atom is -0.496 e. The molecule has 0 spiro atoms. The summed E-state index contributed by atoms with van der Waals surface area (Å²) in [7, 11) is 1.68. The quantitative estimate of drug-likeness (QED) is 0.840. The first-order chi connectivity index (χ1) is 5.69. The smallest absolute Gasteiger partial charge is 0.132 e. The lowest BCUT2D eigenvalue weighted by Gasteiger charge is -2.08. The number of hydrogen-bond acceptors (Lipinski definition) is 2. The number of methoxy groups -OCH3 is 1. The molecule has 0 fully saturated rings. The summed E-state index contributed by atoms with van der Waals surface area (Å²) in [5, 5.41) is 0. The van der Waals surface area contributed by atoms with Crippen LogP contribution in [0.4, 0.5) is 0 Å². The van der Waals surface area contributed by atoms with Crippen LogP contribution in [0.3, 0.4) is 0 Å². The van der Waals surface area contributed by atoms with Crippen LogP contribution in [0.1, 0.15) is 11.1 Å². The fourth-order valence-electron chi connectivity index (χ4n) is 1.07. The molecule has 1 aromatic carbocycles. The molecule has 0 unspecified atom stereocenters. The Balaban J connectivity index is 3.16. The largest absolute Gasteiger partial charge is 0.496 e. The van der Waals surface area contributed by atoms with Crippen molar-refractivity contribution < 1.29 is 4.74 Å². The molecule has 66 valence electrons. The van der Waals surface area contributed by atoms with Gasteiger partial charge in [-0.1, -0.05) is 0 Å². The molecule has 3 heteroatoms. The predicted molar refractivity (Wildman–Crippen MR) is 58.3 cm³/mol. The Labute approximate surface area is 86.2 Å². The molecule has 0 heterocycles. The number of ether oxygens (including phenoxy) is 1. The maximum Gasteiger partial charge on any atom is 0.132 e. The summed E-state index contributed by atoms with van der Waals surface area (Å²) < 4.78 is 6.29. The summed E-state index contributed by atoms with van der Waals surface area (Å²) >= 11 is 2.25. The van der Waals surface area contributed by atoms with Gasteiger partial charge >= 0.3 is 0 Å². The third kappa shape index (κ3) is 1.90. The van der Waals surface area contributed by atoms with Crippen LogP contribution in [0, 0.1) is 10.5 Å². The summed E-state index contributed by atoms with van der Waals surface area (Å²) in [4.78, 5) is 0. The third-order valence-electron chi connectivity index (χ3n) is 1.83. The SMILES string of the molecule is COc1cc(C)c(CN)cc1I. The lowest BCUT2D eigenvalue weighted by molar-refractivity contribution is 0.411. The van der Waals surface area contributed by atoms with E-state index in [1.165, 1.54) is 11.1 Å². The summed E-state index contributed by atoms with van der Waals surface area (Å²) in [6.45, 7) is 2.63. The molecule has 0 bridgehead atoms. The van der Waals surface area contributed by atoms with Crippen molar-refractivity contribution in [1.29, 1.82) is 0 Å². The Kier molecular flexibility index (Phi) is 3.34. The molecule has 2 nitrogen and oxygen atoms in total. The van der Waals surface area contributed by atoms with Crippen LogP contribution in [-0.4, -0.2) is 7.11 Å². The molecular formula is C9H12INO. The monoisotopic (exact) mass is 277 g/mol. The average molecular weight is 277 g/mol. The van der Waals surface area contributed by atoms with Crippen LogP contribution in [0.25, 0.3) is 0 Å². The molecule has 0 saturated carbocycles. The molecule has 12 heavy (non-hydrogen) atoms. The van der Waals surface area contributed by atoms with E-state index in [9.17, 15) is 0 Å². The van der Waals surface area contributed by atoms with E-state index in [4.69, 9.17) is 10.5 Å². The maximum atomic E-state index is 5.57. The first-order valence-electron chi connectivity index (χ1n) is 3.72. The van der Waals surface area contributed by atoms with Gasteiger partial charge in [-0.25, -0.2) is 0 Å². The Morgan fingerprint density at radius 2 is 2.17 bits per heavy atom. The van der Waals surface area contributed by atoms with Gasteiger partial charge in [0.1, 0.15) is 5.75 Å². The predicted octanol–water partition coefficient (Wildman–Crippen LogP) is 2.07. The van der Waals surface area contributed by atoms with E-state index in [2.05, 4.69) is 28.7 Å². The number of hydrogen-bond donors (Lipinski definition) is 1. The van der Waals surface area contributed by atoms with Crippen LogP contribution in [-0.2, 0) is 6.54 Å². The highest BCUT2D eigenvalue weighted by Crippen LogP contribution is 2.24. The summed E-state index contributed by atoms with van der Waals surface area (Å²) in [6.07, 6.45) is 0. The summed E-state index contributed by atoms with van der Waals surface area (Å²) in [6, 6.07) is 4.08. The maximum absolute atomic E-state index is 5.57. The molecule has 0 aliphatic rings. The first-order valence-corrected chi connectivity index (χ1v) is 4.80. The van der Waals surface area contributed by atoms with Gasteiger partial charge in [-0.05, 0) is 52.8 Å². The molecular weight excluding hydrogens is 265 g/mol. The highest BCUT2D eigenvalue weighted by Gasteiger charge is 2.03. The van der Waals surface area contributed by atoms with Gasteiger partial charge in [0.2, 0.25) is 0 Å². The molecule has 1 aromatic rings. The number of benzene rings is 1. The first kappa shape index (κ1) is 9.80. The van der Waals surface area contributed by atoms with Crippen LogP contribution >= 0.6 is 22.6 Å². The fourth-order valence-corrected chi connectivity index (χ4v) is 1.82. The molecule has 1 rings (SSSR count). The van der Waals surface area contributed by atoms with Crippen molar-refractivity contribution in [2.75, 3.05) is 7.11 Å². The number of rotatable bonds is 2. The minimum atomic E-state index is 0.589. The normalized spacial score (nSPS) is 10.0. The summed E-state index contributed by atoms with van der Waals surface area (Å²) in [5.74, 6) is 0.922. The summed E-state index contributed by atoms with van der Waals surface area (Å²) in [5.41, 5.74) is 7.94. The lowest BCUT2D eigenvalue weighted by atomic mass is 10.1. The van der Waals surface area contributed by atoms with Crippen molar-refractivity contribution in [3.05, 3.63) is 26.8 Å². The lowest BCUT2D eigenvalue weighted by Crippen LogP contribution is -2.00. The van der Waals surface area contributed by atoms with E-state index >= 15 is 0 Å². The Morgan fingerprint density at radius 1 is 1.50 bits per heavy atom. The zero-order chi connectivity index (χ0) is 9.14. The van der Waals surface area contributed by atoms with Gasteiger partial charge in [0.05, 0.1) is 10.7 Å². The molecule has 0 aliphatic carbocycles. The van der Waals surface area contributed by atoms with Crippen molar-refractivity contribution in [2.45, 2.75) is 13.5 Å². The highest BCUT2D eigenvalue weighted by atomic mass is 127. The topological polar surface area (TPSA) is 35.2 Å². The van der Waals surface area contributed by atoms with E-state index in [0.717, 1.165) is 9.32 Å². The molecule has 0 aliphatic heterocycles. The van der Waals surface area contributed by atoms with Gasteiger partial charge in [0.15, 0.2) is 0 Å². The van der Waals surface area contributed by atoms with Crippen molar-refractivity contribution in [3.8, 4) is 5.75 Å². The zero-order valence-electron chi connectivity index (χ0n) is 7.23. The van der Waals surface area contributed by atoms with Crippen molar-refractivity contribution >= 4 is 22.6 Å². The third-order valence-corrected chi connectivity index (χ3v) is 2.67. The van der Waals surface area contributed by atoms with E-state index in [0.29, 0.717) is 6.54 Å². The van der Waals surface area contributed by atoms with Gasteiger partial charge in [-0.15, -0.1) is 0 Å². The Morgan fingerprint density at radius 3 is 2.67 bits per heavy atom. The van der Waals surface area contributed by atoms with Gasteiger partial charge < -0.3 is 10.5 Å². The molecule has 0 aromatic heterocycles. The molecule has 0 radical (unpaired) electrons. The molecule has 2 N–H and O–H groups in total. The number of halogens is 1. The van der Waals surface area contributed by atoms with Crippen molar-refractivity contribution in [1.82, 2.24) is 0 Å². The number of aryl methyl sites for hydroxylation is 1. The van der Waals surface area contributed by atoms with Gasteiger partial charge in [0, 0.05) is 6.54 Å². The second-order valence-corrected chi connectivity index (χ2v) is 3.78. The fraction of sp³-hybridized carbons (Fsp3) is 0.333. The highest BCUT2D eigenvalue weighted by molar-refractivity contribution is 14.1. The standard InChI is InChI=1S/C9H12INO/c1-6-3-9(12-2)8(10)4-7(6)5-11/h3-4H,5,11H2,1-2H3. The molecule has 0 atom stereocenters. The zero-order valence-corrected chi connectivity index (χ0v) is 9.38. The number of nitrogens with two attached hydrogens (primary N) is 1. The van der Waals surface area contributed by atoms with Gasteiger partial charge in [-0.2, -0.15) is 0 Å². The Hall–Kier alpha value is -0.290. The van der Waals surface area contributed by atoms with Crippen LogP contribution in [0.15, 0.2) is 12.1 Å². The van der Waals surface area contributed by atoms with E-state index in [1.54, 1.807) is 7.11 Å². The molecule has 0 amide bonds. The van der Waals surface area contributed by atoms with E-state index < -0.39 is 0 Å². The average Bonchev–Trinajstić information content (AvgIpc) is 2.08. The van der Waals surface area contributed by atoms with Crippen LogP contribution < -0.4 is 10.5 Å². The van der Waals surface area contributed by atoms with E-state index in [-0.39, 0.29) is 0 Å². The minimum absolute atomic E-state index is 0.589. The van der Waals surface area contributed by atoms with Crippen molar-refractivity contribution in [2.24, 2.45) is 5.73 Å². The van der Waals surface area contributed by atoms with Gasteiger partial charge in [-0.3, -0.25) is 0 Å². The van der Waals surface area contributed by atoms with Crippen LogP contribution in [0.2, 0.25) is 0 Å². The van der Waals surface area contributed by atoms with E-state index in [1.807, 2.05) is 13.0 Å². The molecule has 0 saturated heterocycles.